The smallest absolute Gasteiger partial charge is 0.263 e. The van der Waals surface area contributed by atoms with E-state index in [4.69, 9.17) is 4.74 Å². The molecule has 9 heteroatoms. The summed E-state index contributed by atoms with van der Waals surface area (Å²) in [6, 6.07) is 14.0. The van der Waals surface area contributed by atoms with Crippen LogP contribution in [-0.4, -0.2) is 25.9 Å². The van der Waals surface area contributed by atoms with Crippen LogP contribution in [0.2, 0.25) is 0 Å². The van der Waals surface area contributed by atoms with Crippen molar-refractivity contribution in [3.63, 3.8) is 0 Å². The Bertz CT molecular complexity index is 1120. The summed E-state index contributed by atoms with van der Waals surface area (Å²) in [5, 5.41) is 4.75. The van der Waals surface area contributed by atoms with Gasteiger partial charge in [-0.05, 0) is 53.8 Å². The van der Waals surface area contributed by atoms with Gasteiger partial charge in [0.15, 0.2) is 5.13 Å². The Morgan fingerprint density at radius 2 is 1.75 bits per heavy atom. The number of nitrogens with one attached hydrogen (secondary N) is 2. The van der Waals surface area contributed by atoms with Crippen molar-refractivity contribution in [2.24, 2.45) is 0 Å². The molecular weight excluding hydrogens is 446 g/mol. The Labute approximate surface area is 192 Å². The molecule has 1 amide bonds. The predicted octanol–water partition coefficient (Wildman–Crippen LogP) is 5.04. The highest BCUT2D eigenvalue weighted by molar-refractivity contribution is 7.93. The van der Waals surface area contributed by atoms with E-state index in [9.17, 15) is 13.2 Å². The first kappa shape index (κ1) is 23.7. The Morgan fingerprint density at radius 1 is 1.06 bits per heavy atom. The Hall–Kier alpha value is -2.91. The second-order valence-electron chi connectivity index (χ2n) is 8.24. The lowest BCUT2D eigenvalue weighted by Gasteiger charge is -2.19. The van der Waals surface area contributed by atoms with Gasteiger partial charge in [-0.3, -0.25) is 9.52 Å². The average Bonchev–Trinajstić information content (AvgIpc) is 3.24. The fourth-order valence-corrected chi connectivity index (χ4v) is 4.65. The van der Waals surface area contributed by atoms with Crippen molar-refractivity contribution >= 4 is 38.1 Å². The Kier molecular flexibility index (Phi) is 7.52. The maximum atomic E-state index is 12.3. The van der Waals surface area contributed by atoms with Crippen LogP contribution in [0.4, 0.5) is 10.8 Å². The monoisotopic (exact) mass is 473 g/mol. The molecule has 3 rings (SSSR count). The van der Waals surface area contributed by atoms with Crippen LogP contribution in [0.5, 0.6) is 5.75 Å². The van der Waals surface area contributed by atoms with Gasteiger partial charge in [0.2, 0.25) is 5.91 Å². The van der Waals surface area contributed by atoms with E-state index in [1.807, 2.05) is 12.1 Å². The third-order valence-corrected chi connectivity index (χ3v) is 6.81. The molecule has 0 bridgehead atoms. The summed E-state index contributed by atoms with van der Waals surface area (Å²) in [5.41, 5.74) is 1.86. The number of thiazole rings is 1. The first-order valence-electron chi connectivity index (χ1n) is 10.2. The maximum absolute atomic E-state index is 12.3. The molecule has 0 aliphatic heterocycles. The van der Waals surface area contributed by atoms with Crippen LogP contribution < -0.4 is 14.8 Å². The van der Waals surface area contributed by atoms with E-state index < -0.39 is 10.0 Å². The molecule has 1 heterocycles. The molecule has 7 nitrogen and oxygen atoms in total. The summed E-state index contributed by atoms with van der Waals surface area (Å²) in [5.74, 6) is 0.620. The second-order valence-corrected chi connectivity index (χ2v) is 10.8. The number of ether oxygens (including phenoxy) is 1. The van der Waals surface area contributed by atoms with Gasteiger partial charge < -0.3 is 10.1 Å². The highest BCUT2D eigenvalue weighted by Crippen LogP contribution is 2.24. The highest BCUT2D eigenvalue weighted by Gasteiger charge is 2.16. The molecule has 0 spiro atoms. The molecule has 0 atom stereocenters. The third kappa shape index (κ3) is 6.80. The predicted molar refractivity (Wildman–Crippen MR) is 128 cm³/mol. The van der Waals surface area contributed by atoms with Gasteiger partial charge in [-0.1, -0.05) is 32.9 Å². The summed E-state index contributed by atoms with van der Waals surface area (Å²) >= 11 is 1.20. The zero-order chi connectivity index (χ0) is 23.2. The quantitative estimate of drug-likeness (QED) is 0.424. The molecule has 0 fully saturated rings. The molecule has 2 aromatic carbocycles. The van der Waals surface area contributed by atoms with Crippen LogP contribution in [-0.2, 0) is 20.2 Å². The van der Waals surface area contributed by atoms with Gasteiger partial charge in [-0.25, -0.2) is 13.4 Å². The van der Waals surface area contributed by atoms with E-state index in [0.29, 0.717) is 30.3 Å². The fourth-order valence-electron chi connectivity index (χ4n) is 2.86. The van der Waals surface area contributed by atoms with Gasteiger partial charge in [-0.15, -0.1) is 11.3 Å². The lowest BCUT2D eigenvalue weighted by Crippen LogP contribution is -2.14. The van der Waals surface area contributed by atoms with Gasteiger partial charge >= 0.3 is 0 Å². The zero-order valence-corrected chi connectivity index (χ0v) is 19.9. The number of sulfonamides is 1. The van der Waals surface area contributed by atoms with Gasteiger partial charge in [0.1, 0.15) is 5.75 Å². The lowest BCUT2D eigenvalue weighted by atomic mass is 9.87. The zero-order valence-electron chi connectivity index (χ0n) is 18.3. The largest absolute Gasteiger partial charge is 0.494 e. The summed E-state index contributed by atoms with van der Waals surface area (Å²) in [6.45, 7) is 6.91. The number of hydrogen-bond acceptors (Lipinski definition) is 6. The van der Waals surface area contributed by atoms with Crippen LogP contribution in [0.1, 0.15) is 39.2 Å². The van der Waals surface area contributed by atoms with Crippen molar-refractivity contribution in [3.05, 3.63) is 65.7 Å². The molecule has 0 radical (unpaired) electrons. The topological polar surface area (TPSA) is 97.4 Å². The van der Waals surface area contributed by atoms with E-state index in [1.54, 1.807) is 17.5 Å². The van der Waals surface area contributed by atoms with Crippen LogP contribution in [0.3, 0.4) is 0 Å². The standard InChI is InChI=1S/C23H27N3O4S2/c1-23(2,3)17-6-10-19(11-7-17)30-15-4-5-21(27)25-18-8-12-20(13-9-18)32(28,29)26-22-24-14-16-31-22/h6-14,16H,4-5,15H2,1-3H3,(H,24,26)(H,25,27). The van der Waals surface area contributed by atoms with Crippen molar-refractivity contribution in [2.75, 3.05) is 16.6 Å². The van der Waals surface area contributed by atoms with Crippen molar-refractivity contribution in [3.8, 4) is 5.75 Å². The van der Waals surface area contributed by atoms with Crippen molar-refractivity contribution < 1.29 is 17.9 Å². The number of nitrogens with zero attached hydrogens (tertiary/aromatic N) is 1. The number of rotatable bonds is 9. The molecule has 0 aliphatic rings. The Morgan fingerprint density at radius 3 is 2.34 bits per heavy atom. The molecule has 3 aromatic rings. The first-order chi connectivity index (χ1) is 15.1. The summed E-state index contributed by atoms with van der Waals surface area (Å²) in [4.78, 5) is 16.2. The van der Waals surface area contributed by atoms with Crippen molar-refractivity contribution in [2.45, 2.75) is 43.9 Å². The minimum Gasteiger partial charge on any atom is -0.494 e. The number of aromatic nitrogens is 1. The van der Waals surface area contributed by atoms with E-state index in [1.165, 1.54) is 35.2 Å². The summed E-state index contributed by atoms with van der Waals surface area (Å²) in [7, 11) is -3.71. The molecule has 1 aromatic heterocycles. The van der Waals surface area contributed by atoms with Crippen LogP contribution in [0.25, 0.3) is 0 Å². The highest BCUT2D eigenvalue weighted by atomic mass is 32.2. The lowest BCUT2D eigenvalue weighted by molar-refractivity contribution is -0.116. The fraction of sp³-hybridized carbons (Fsp3) is 0.304. The third-order valence-electron chi connectivity index (χ3n) is 4.64. The average molecular weight is 474 g/mol. The van der Waals surface area contributed by atoms with E-state index in [-0.39, 0.29) is 16.2 Å². The molecule has 0 saturated heterocycles. The van der Waals surface area contributed by atoms with Gasteiger partial charge in [0.05, 0.1) is 11.5 Å². The minimum atomic E-state index is -3.71. The molecule has 0 aliphatic carbocycles. The molecule has 0 unspecified atom stereocenters. The van der Waals surface area contributed by atoms with Crippen molar-refractivity contribution in [1.82, 2.24) is 4.98 Å². The number of benzene rings is 2. The van der Waals surface area contributed by atoms with Crippen LogP contribution in [0, 0.1) is 0 Å². The number of carbonyl (C=O) groups excluding carboxylic acids is 1. The van der Waals surface area contributed by atoms with E-state index in [0.717, 1.165) is 5.75 Å². The van der Waals surface area contributed by atoms with Gasteiger partial charge in [-0.2, -0.15) is 0 Å². The molecule has 32 heavy (non-hydrogen) atoms. The molecule has 2 N–H and O–H groups in total. The number of hydrogen-bond donors (Lipinski definition) is 2. The van der Waals surface area contributed by atoms with Gasteiger partial charge in [0, 0.05) is 23.7 Å². The second kappa shape index (κ2) is 10.1. The molecule has 170 valence electrons. The van der Waals surface area contributed by atoms with E-state index >= 15 is 0 Å². The van der Waals surface area contributed by atoms with E-state index in [2.05, 4.69) is 47.9 Å². The minimum absolute atomic E-state index is 0.0940. The van der Waals surface area contributed by atoms with Crippen LogP contribution >= 0.6 is 11.3 Å². The van der Waals surface area contributed by atoms with Crippen LogP contribution in [0.15, 0.2) is 65.0 Å². The molecule has 0 saturated carbocycles. The SMILES string of the molecule is CC(C)(C)c1ccc(OCCCC(=O)Nc2ccc(S(=O)(=O)Nc3nccs3)cc2)cc1. The first-order valence-corrected chi connectivity index (χ1v) is 12.6. The van der Waals surface area contributed by atoms with Gasteiger partial charge in [0.25, 0.3) is 10.0 Å². The Balaban J connectivity index is 1.43. The van der Waals surface area contributed by atoms with Crippen molar-refractivity contribution in [1.29, 1.82) is 0 Å². The number of anilines is 2. The number of amides is 1. The maximum Gasteiger partial charge on any atom is 0.263 e. The molecular formula is C23H27N3O4S2. The number of carbonyl (C=O) groups is 1. The normalized spacial score (nSPS) is 11.7. The summed E-state index contributed by atoms with van der Waals surface area (Å²) < 4.78 is 32.8. The summed E-state index contributed by atoms with van der Waals surface area (Å²) in [6.07, 6.45) is 2.39.